The summed E-state index contributed by atoms with van der Waals surface area (Å²) in [4.78, 5) is 17.5. The van der Waals surface area contributed by atoms with Gasteiger partial charge in [0.05, 0.1) is 0 Å². The predicted molar refractivity (Wildman–Crippen MR) is 115 cm³/mol. The van der Waals surface area contributed by atoms with Gasteiger partial charge in [0.25, 0.3) is 5.91 Å². The van der Waals surface area contributed by atoms with Crippen LogP contribution >= 0.6 is 24.8 Å². The Morgan fingerprint density at radius 2 is 1.63 bits per heavy atom. The number of halogens is 2. The van der Waals surface area contributed by atoms with E-state index in [4.69, 9.17) is 0 Å². The van der Waals surface area contributed by atoms with Gasteiger partial charge in [-0.25, -0.2) is 0 Å². The average molecular weight is 414 g/mol. The van der Waals surface area contributed by atoms with E-state index < -0.39 is 0 Å². The molecule has 2 atom stereocenters. The summed E-state index contributed by atoms with van der Waals surface area (Å²) in [5.41, 5.74) is 2.17. The molecule has 1 saturated carbocycles. The molecule has 2 saturated heterocycles. The Bertz CT molecular complexity index is 592. The molecule has 3 fully saturated rings. The van der Waals surface area contributed by atoms with E-state index >= 15 is 0 Å². The number of nitrogens with one attached hydrogen (secondary N) is 1. The second kappa shape index (κ2) is 10.1. The Labute approximate surface area is 175 Å². The van der Waals surface area contributed by atoms with Crippen molar-refractivity contribution in [3.63, 3.8) is 0 Å². The Balaban J connectivity index is 0.00000131. The molecule has 152 valence electrons. The molecule has 4 rings (SSSR count). The van der Waals surface area contributed by atoms with Crippen molar-refractivity contribution in [2.75, 3.05) is 32.7 Å². The van der Waals surface area contributed by atoms with Crippen molar-refractivity contribution in [2.24, 2.45) is 11.8 Å². The molecule has 6 heteroatoms. The Morgan fingerprint density at radius 3 is 2.15 bits per heavy atom. The number of hydrogen-bond donors (Lipinski definition) is 1. The minimum atomic E-state index is 0. The molecule has 1 aromatic rings. The number of nitrogens with zero attached hydrogens (tertiary/aromatic N) is 2. The monoisotopic (exact) mass is 413 g/mol. The molecule has 1 aliphatic carbocycles. The number of amides is 1. The molecule has 0 aromatic heterocycles. The van der Waals surface area contributed by atoms with Crippen LogP contribution < -0.4 is 5.32 Å². The standard InChI is InChI=1S/C21H31N3O.2ClH/c1-2-23(20-7-8-20)15-16-3-5-17(6-4-16)21(25)24-11-9-18-13-22-14-19(18)10-12-24;;/h3-6,18-20,22H,2,7-15H2,1H3;2*1H/t18-,19+;;. The van der Waals surface area contributed by atoms with Crippen molar-refractivity contribution < 1.29 is 4.79 Å². The Hall–Kier alpha value is -0.810. The van der Waals surface area contributed by atoms with Crippen LogP contribution in [0.5, 0.6) is 0 Å². The second-order valence-electron chi connectivity index (χ2n) is 8.04. The lowest BCUT2D eigenvalue weighted by molar-refractivity contribution is 0.0758. The molecular formula is C21H33Cl2N3O. The van der Waals surface area contributed by atoms with E-state index in [1.807, 2.05) is 12.1 Å². The lowest BCUT2D eigenvalue weighted by Gasteiger charge is -2.22. The molecular weight excluding hydrogens is 381 g/mol. The van der Waals surface area contributed by atoms with Gasteiger partial charge < -0.3 is 10.2 Å². The highest BCUT2D eigenvalue weighted by molar-refractivity contribution is 5.94. The SMILES string of the molecule is CCN(Cc1ccc(C(=O)N2CC[C@@H]3CNC[C@@H]3CC2)cc1)C1CC1.Cl.Cl. The van der Waals surface area contributed by atoms with E-state index in [9.17, 15) is 4.79 Å². The number of likely N-dealkylation sites (tertiary alicyclic amines) is 1. The van der Waals surface area contributed by atoms with Crippen molar-refractivity contribution in [1.29, 1.82) is 0 Å². The summed E-state index contributed by atoms with van der Waals surface area (Å²) in [6, 6.07) is 9.15. The topological polar surface area (TPSA) is 35.6 Å². The lowest BCUT2D eigenvalue weighted by Crippen LogP contribution is -2.32. The summed E-state index contributed by atoms with van der Waals surface area (Å²) >= 11 is 0. The molecule has 1 amide bonds. The lowest BCUT2D eigenvalue weighted by atomic mass is 9.92. The first kappa shape index (κ1) is 22.5. The zero-order chi connectivity index (χ0) is 17.2. The summed E-state index contributed by atoms with van der Waals surface area (Å²) in [6.45, 7) is 8.45. The van der Waals surface area contributed by atoms with Crippen molar-refractivity contribution in [3.8, 4) is 0 Å². The minimum Gasteiger partial charge on any atom is -0.339 e. The molecule has 3 aliphatic rings. The smallest absolute Gasteiger partial charge is 0.253 e. The van der Waals surface area contributed by atoms with Gasteiger partial charge in [-0.05, 0) is 74.8 Å². The normalized spacial score (nSPS) is 24.6. The third-order valence-corrected chi connectivity index (χ3v) is 6.36. The summed E-state index contributed by atoms with van der Waals surface area (Å²) in [6.07, 6.45) is 4.98. The number of fused-ring (bicyclic) bond motifs is 1. The third-order valence-electron chi connectivity index (χ3n) is 6.36. The highest BCUT2D eigenvalue weighted by atomic mass is 35.5. The maximum Gasteiger partial charge on any atom is 0.253 e. The number of carbonyl (C=O) groups is 1. The number of rotatable bonds is 5. The fraction of sp³-hybridized carbons (Fsp3) is 0.667. The summed E-state index contributed by atoms with van der Waals surface area (Å²) in [5, 5.41) is 3.50. The summed E-state index contributed by atoms with van der Waals surface area (Å²) in [7, 11) is 0. The number of hydrogen-bond acceptors (Lipinski definition) is 3. The van der Waals surface area contributed by atoms with Crippen molar-refractivity contribution >= 4 is 30.7 Å². The van der Waals surface area contributed by atoms with Crippen molar-refractivity contribution in [1.82, 2.24) is 15.1 Å². The quantitative estimate of drug-likeness (QED) is 0.800. The van der Waals surface area contributed by atoms with E-state index in [0.29, 0.717) is 0 Å². The van der Waals surface area contributed by atoms with Crippen LogP contribution in [0, 0.1) is 11.8 Å². The van der Waals surface area contributed by atoms with Crippen LogP contribution in [0.1, 0.15) is 48.5 Å². The van der Waals surface area contributed by atoms with Crippen LogP contribution in [0.15, 0.2) is 24.3 Å². The molecule has 2 aliphatic heterocycles. The highest BCUT2D eigenvalue weighted by Gasteiger charge is 2.31. The van der Waals surface area contributed by atoms with E-state index in [-0.39, 0.29) is 30.7 Å². The van der Waals surface area contributed by atoms with Crippen molar-refractivity contribution in [2.45, 2.75) is 45.2 Å². The molecule has 0 spiro atoms. The van der Waals surface area contributed by atoms with Gasteiger partial charge in [0.2, 0.25) is 0 Å². The van der Waals surface area contributed by atoms with Gasteiger partial charge in [-0.3, -0.25) is 9.69 Å². The molecule has 27 heavy (non-hydrogen) atoms. The average Bonchev–Trinajstić information content (AvgIpc) is 3.43. The minimum absolute atomic E-state index is 0. The predicted octanol–water partition coefficient (Wildman–Crippen LogP) is 3.59. The fourth-order valence-electron chi connectivity index (χ4n) is 4.53. The molecule has 2 heterocycles. The van der Waals surface area contributed by atoms with Crippen molar-refractivity contribution in [3.05, 3.63) is 35.4 Å². The van der Waals surface area contributed by atoms with Crippen LogP contribution in [0.3, 0.4) is 0 Å². The molecule has 1 N–H and O–H groups in total. The van der Waals surface area contributed by atoms with Gasteiger partial charge in [0, 0.05) is 31.2 Å². The van der Waals surface area contributed by atoms with Crippen LogP contribution in [0.2, 0.25) is 0 Å². The first-order valence-electron chi connectivity index (χ1n) is 10.1. The Kier molecular flexibility index (Phi) is 8.41. The van der Waals surface area contributed by atoms with Gasteiger partial charge in [-0.2, -0.15) is 0 Å². The fourth-order valence-corrected chi connectivity index (χ4v) is 4.53. The van der Waals surface area contributed by atoms with E-state index in [2.05, 4.69) is 34.2 Å². The Morgan fingerprint density at radius 1 is 1.04 bits per heavy atom. The molecule has 0 bridgehead atoms. The molecule has 0 unspecified atom stereocenters. The van der Waals surface area contributed by atoms with E-state index in [0.717, 1.165) is 75.6 Å². The van der Waals surface area contributed by atoms with Crippen LogP contribution in [0.4, 0.5) is 0 Å². The zero-order valence-corrected chi connectivity index (χ0v) is 17.9. The van der Waals surface area contributed by atoms with Gasteiger partial charge in [-0.1, -0.05) is 19.1 Å². The number of benzene rings is 1. The number of carbonyl (C=O) groups excluding carboxylic acids is 1. The summed E-state index contributed by atoms with van der Waals surface area (Å²) < 4.78 is 0. The maximum absolute atomic E-state index is 12.9. The zero-order valence-electron chi connectivity index (χ0n) is 16.2. The van der Waals surface area contributed by atoms with Gasteiger partial charge >= 0.3 is 0 Å². The van der Waals surface area contributed by atoms with E-state index in [1.165, 1.54) is 18.4 Å². The highest BCUT2D eigenvalue weighted by Crippen LogP contribution is 2.29. The largest absolute Gasteiger partial charge is 0.339 e. The molecule has 1 aromatic carbocycles. The van der Waals surface area contributed by atoms with Gasteiger partial charge in [0.1, 0.15) is 0 Å². The molecule has 0 radical (unpaired) electrons. The second-order valence-corrected chi connectivity index (χ2v) is 8.04. The first-order valence-corrected chi connectivity index (χ1v) is 10.1. The summed E-state index contributed by atoms with van der Waals surface area (Å²) in [5.74, 6) is 1.75. The third kappa shape index (κ3) is 5.38. The van der Waals surface area contributed by atoms with Gasteiger partial charge in [0.15, 0.2) is 0 Å². The maximum atomic E-state index is 12.9. The van der Waals surface area contributed by atoms with Crippen LogP contribution in [-0.2, 0) is 6.54 Å². The molecule has 4 nitrogen and oxygen atoms in total. The van der Waals surface area contributed by atoms with Crippen LogP contribution in [0.25, 0.3) is 0 Å². The van der Waals surface area contributed by atoms with Gasteiger partial charge in [-0.15, -0.1) is 24.8 Å². The van der Waals surface area contributed by atoms with E-state index in [1.54, 1.807) is 0 Å². The van der Waals surface area contributed by atoms with Crippen LogP contribution in [-0.4, -0.2) is 54.5 Å². The first-order chi connectivity index (χ1) is 12.2.